The Labute approximate surface area is 109 Å². The summed E-state index contributed by atoms with van der Waals surface area (Å²) in [7, 11) is 0. The number of rotatable bonds is 3. The summed E-state index contributed by atoms with van der Waals surface area (Å²) in [5.41, 5.74) is 0. The van der Waals surface area contributed by atoms with E-state index in [1.807, 2.05) is 4.90 Å². The third kappa shape index (κ3) is 3.44. The minimum atomic E-state index is 0.185. The first-order valence-electron chi connectivity index (χ1n) is 6.90. The average Bonchev–Trinajstić information content (AvgIpc) is 2.46. The first-order valence-corrected chi connectivity index (χ1v) is 6.90. The second-order valence-electron chi connectivity index (χ2n) is 5.12. The Balaban J connectivity index is 1.75. The number of nitriles is 1. The highest BCUT2D eigenvalue weighted by Gasteiger charge is 2.28. The van der Waals surface area contributed by atoms with Crippen LogP contribution in [0.5, 0.6) is 0 Å². The van der Waals surface area contributed by atoms with E-state index in [-0.39, 0.29) is 5.92 Å². The maximum absolute atomic E-state index is 12.3. The van der Waals surface area contributed by atoms with Gasteiger partial charge in [-0.15, -0.1) is 0 Å². The van der Waals surface area contributed by atoms with Crippen LogP contribution in [-0.4, -0.2) is 61.5 Å². The molecule has 2 saturated heterocycles. The van der Waals surface area contributed by atoms with E-state index in [9.17, 15) is 4.79 Å². The predicted octanol–water partition coefficient (Wildman–Crippen LogP) is 0.0439. The summed E-state index contributed by atoms with van der Waals surface area (Å²) in [5.74, 6) is 0.506. The summed E-state index contributed by atoms with van der Waals surface area (Å²) in [6, 6.07) is 2.17. The van der Waals surface area contributed by atoms with Crippen LogP contribution in [0.1, 0.15) is 19.3 Å². The van der Waals surface area contributed by atoms with Gasteiger partial charge in [0.15, 0.2) is 0 Å². The molecule has 2 aliphatic rings. The van der Waals surface area contributed by atoms with E-state index in [2.05, 4.69) is 16.3 Å². The van der Waals surface area contributed by atoms with Gasteiger partial charge in [0, 0.05) is 45.7 Å². The van der Waals surface area contributed by atoms with Gasteiger partial charge in [0.25, 0.3) is 0 Å². The standard InChI is InChI=1S/C13H22N4O/c14-4-2-6-16-7-9-17(10-8-16)13(18)12-3-1-5-15-11-12/h12,15H,1-3,5-11H2/t12-/m1/s1. The highest BCUT2D eigenvalue weighted by molar-refractivity contribution is 5.79. The van der Waals surface area contributed by atoms with Crippen molar-refractivity contribution in [2.24, 2.45) is 5.92 Å². The number of nitrogens with zero attached hydrogens (tertiary/aromatic N) is 3. The van der Waals surface area contributed by atoms with E-state index in [0.29, 0.717) is 12.3 Å². The second kappa shape index (κ2) is 6.72. The Kier molecular flexibility index (Phi) is 4.97. The van der Waals surface area contributed by atoms with Crippen LogP contribution in [0.25, 0.3) is 0 Å². The molecular formula is C13H22N4O. The SMILES string of the molecule is N#CCCN1CCN(C(=O)[C@@H]2CCCNC2)CC1. The maximum atomic E-state index is 12.3. The van der Waals surface area contributed by atoms with Crippen molar-refractivity contribution < 1.29 is 4.79 Å². The Hall–Kier alpha value is -1.12. The molecule has 0 aromatic heterocycles. The molecule has 0 aromatic carbocycles. The van der Waals surface area contributed by atoms with E-state index in [4.69, 9.17) is 5.26 Å². The molecule has 2 aliphatic heterocycles. The molecule has 5 nitrogen and oxygen atoms in total. The lowest BCUT2D eigenvalue weighted by atomic mass is 9.98. The first kappa shape index (κ1) is 13.3. The fourth-order valence-corrected chi connectivity index (χ4v) is 2.72. The van der Waals surface area contributed by atoms with Crippen LogP contribution in [-0.2, 0) is 4.79 Å². The summed E-state index contributed by atoms with van der Waals surface area (Å²) in [6.45, 7) is 6.19. The van der Waals surface area contributed by atoms with Gasteiger partial charge < -0.3 is 10.2 Å². The number of hydrogen-bond acceptors (Lipinski definition) is 4. The average molecular weight is 250 g/mol. The molecular weight excluding hydrogens is 228 g/mol. The molecule has 1 N–H and O–H groups in total. The molecule has 2 fully saturated rings. The summed E-state index contributed by atoms with van der Waals surface area (Å²) >= 11 is 0. The van der Waals surface area contributed by atoms with Crippen LogP contribution in [0, 0.1) is 17.2 Å². The normalized spacial score (nSPS) is 25.7. The monoisotopic (exact) mass is 250 g/mol. The Morgan fingerprint density at radius 2 is 2.11 bits per heavy atom. The summed E-state index contributed by atoms with van der Waals surface area (Å²) < 4.78 is 0. The number of piperidine rings is 1. The molecule has 100 valence electrons. The van der Waals surface area contributed by atoms with Crippen molar-refractivity contribution in [1.29, 1.82) is 5.26 Å². The van der Waals surface area contributed by atoms with Gasteiger partial charge in [-0.2, -0.15) is 5.26 Å². The molecule has 0 spiro atoms. The smallest absolute Gasteiger partial charge is 0.227 e. The molecule has 5 heteroatoms. The number of carbonyl (C=O) groups excluding carboxylic acids is 1. The molecule has 18 heavy (non-hydrogen) atoms. The van der Waals surface area contributed by atoms with Gasteiger partial charge in [0.05, 0.1) is 12.0 Å². The zero-order valence-electron chi connectivity index (χ0n) is 10.9. The minimum absolute atomic E-state index is 0.185. The van der Waals surface area contributed by atoms with Crippen LogP contribution in [0.4, 0.5) is 0 Å². The van der Waals surface area contributed by atoms with Crippen molar-refractivity contribution in [2.75, 3.05) is 45.8 Å². The highest BCUT2D eigenvalue weighted by Crippen LogP contribution is 2.15. The molecule has 0 unspecified atom stereocenters. The molecule has 0 radical (unpaired) electrons. The second-order valence-corrected chi connectivity index (χ2v) is 5.12. The van der Waals surface area contributed by atoms with Crippen molar-refractivity contribution >= 4 is 5.91 Å². The topological polar surface area (TPSA) is 59.4 Å². The lowest BCUT2D eigenvalue weighted by Gasteiger charge is -2.37. The van der Waals surface area contributed by atoms with E-state index in [1.54, 1.807) is 0 Å². The van der Waals surface area contributed by atoms with E-state index >= 15 is 0 Å². The van der Waals surface area contributed by atoms with Crippen LogP contribution in [0.2, 0.25) is 0 Å². The van der Waals surface area contributed by atoms with Crippen molar-refractivity contribution in [3.63, 3.8) is 0 Å². The Morgan fingerprint density at radius 1 is 1.33 bits per heavy atom. The Morgan fingerprint density at radius 3 is 2.72 bits per heavy atom. The van der Waals surface area contributed by atoms with E-state index in [0.717, 1.165) is 58.7 Å². The summed E-state index contributed by atoms with van der Waals surface area (Å²) in [4.78, 5) is 16.6. The van der Waals surface area contributed by atoms with Gasteiger partial charge in [-0.1, -0.05) is 0 Å². The van der Waals surface area contributed by atoms with Crippen molar-refractivity contribution in [1.82, 2.24) is 15.1 Å². The van der Waals surface area contributed by atoms with Crippen LogP contribution >= 0.6 is 0 Å². The predicted molar refractivity (Wildman–Crippen MR) is 68.8 cm³/mol. The van der Waals surface area contributed by atoms with Gasteiger partial charge in [-0.3, -0.25) is 9.69 Å². The van der Waals surface area contributed by atoms with Gasteiger partial charge in [-0.05, 0) is 19.4 Å². The summed E-state index contributed by atoms with van der Waals surface area (Å²) in [6.07, 6.45) is 2.72. The zero-order valence-corrected chi connectivity index (χ0v) is 10.9. The Bertz CT molecular complexity index is 311. The number of piperazine rings is 1. The van der Waals surface area contributed by atoms with Gasteiger partial charge >= 0.3 is 0 Å². The molecule has 0 saturated carbocycles. The van der Waals surface area contributed by atoms with Crippen molar-refractivity contribution in [2.45, 2.75) is 19.3 Å². The van der Waals surface area contributed by atoms with Gasteiger partial charge in [0.2, 0.25) is 5.91 Å². The van der Waals surface area contributed by atoms with Gasteiger partial charge in [-0.25, -0.2) is 0 Å². The summed E-state index contributed by atoms with van der Waals surface area (Å²) in [5, 5.41) is 11.9. The number of amides is 1. The molecule has 0 bridgehead atoms. The number of nitrogens with one attached hydrogen (secondary N) is 1. The fraction of sp³-hybridized carbons (Fsp3) is 0.846. The number of hydrogen-bond donors (Lipinski definition) is 1. The van der Waals surface area contributed by atoms with E-state index < -0.39 is 0 Å². The quantitative estimate of drug-likeness (QED) is 0.768. The molecule has 0 aliphatic carbocycles. The van der Waals surface area contributed by atoms with Crippen LogP contribution in [0.3, 0.4) is 0 Å². The molecule has 2 rings (SSSR count). The van der Waals surface area contributed by atoms with Crippen LogP contribution < -0.4 is 5.32 Å². The first-order chi connectivity index (χ1) is 8.81. The van der Waals surface area contributed by atoms with Gasteiger partial charge in [0.1, 0.15) is 0 Å². The zero-order chi connectivity index (χ0) is 12.8. The fourth-order valence-electron chi connectivity index (χ4n) is 2.72. The third-order valence-corrected chi connectivity index (χ3v) is 3.87. The van der Waals surface area contributed by atoms with E-state index in [1.165, 1.54) is 0 Å². The van der Waals surface area contributed by atoms with Crippen molar-refractivity contribution in [3.05, 3.63) is 0 Å². The molecule has 1 atom stereocenters. The highest BCUT2D eigenvalue weighted by atomic mass is 16.2. The molecule has 0 aromatic rings. The molecule has 2 heterocycles. The maximum Gasteiger partial charge on any atom is 0.227 e. The molecule has 1 amide bonds. The third-order valence-electron chi connectivity index (χ3n) is 3.87. The lowest BCUT2D eigenvalue weighted by Crippen LogP contribution is -2.52. The number of carbonyl (C=O) groups is 1. The van der Waals surface area contributed by atoms with Crippen molar-refractivity contribution in [3.8, 4) is 6.07 Å². The van der Waals surface area contributed by atoms with Crippen LogP contribution in [0.15, 0.2) is 0 Å². The lowest BCUT2D eigenvalue weighted by molar-refractivity contribution is -0.137. The minimum Gasteiger partial charge on any atom is -0.340 e. The largest absolute Gasteiger partial charge is 0.340 e.